The van der Waals surface area contributed by atoms with E-state index in [1.54, 1.807) is 6.92 Å². The van der Waals surface area contributed by atoms with Crippen LogP contribution in [0, 0.1) is 0 Å². The molecule has 0 radical (unpaired) electrons. The van der Waals surface area contributed by atoms with Crippen molar-refractivity contribution in [3.05, 3.63) is 0 Å². The molecule has 0 fully saturated rings. The Morgan fingerprint density at radius 2 is 1.92 bits per heavy atom. The van der Waals surface area contributed by atoms with Gasteiger partial charge in [0.1, 0.15) is 0 Å². The van der Waals surface area contributed by atoms with Crippen molar-refractivity contribution in [2.45, 2.75) is 32.8 Å². The molecule has 4 nitrogen and oxygen atoms in total. The van der Waals surface area contributed by atoms with Crippen LogP contribution in [0.15, 0.2) is 0 Å². The summed E-state index contributed by atoms with van der Waals surface area (Å²) in [4.78, 5) is 0. The highest BCUT2D eigenvalue weighted by Crippen LogP contribution is 2.15. The third-order valence-corrected chi connectivity index (χ3v) is 1.41. The lowest BCUT2D eigenvalue weighted by Crippen LogP contribution is -2.44. The minimum absolute atomic E-state index is 0.417. The maximum atomic E-state index is 9.63. The van der Waals surface area contributed by atoms with E-state index in [1.165, 1.54) is 14.0 Å². The molecule has 0 aliphatic carbocycles. The molecular formula is C8H18O4. The molecule has 0 saturated carbocycles. The lowest BCUT2D eigenvalue weighted by atomic mass is 10.3. The van der Waals surface area contributed by atoms with Crippen LogP contribution in [0.5, 0.6) is 0 Å². The van der Waals surface area contributed by atoms with Crippen LogP contribution >= 0.6 is 0 Å². The van der Waals surface area contributed by atoms with Gasteiger partial charge in [0.15, 0.2) is 0 Å². The quantitative estimate of drug-likeness (QED) is 0.609. The van der Waals surface area contributed by atoms with Gasteiger partial charge in [-0.25, -0.2) is 0 Å². The molecule has 0 heterocycles. The molecule has 0 saturated heterocycles. The predicted octanol–water partition coefficient (Wildman–Crippen LogP) is 0.740. The summed E-state index contributed by atoms with van der Waals surface area (Å²) in [5.74, 6) is -1.38. The molecule has 0 aliphatic rings. The highest BCUT2D eigenvalue weighted by molar-refractivity contribution is 4.64. The number of ether oxygens (including phenoxy) is 3. The number of aliphatic hydroxyl groups is 1. The molecule has 12 heavy (non-hydrogen) atoms. The third kappa shape index (κ3) is 3.49. The first kappa shape index (κ1) is 11.8. The standard InChI is InChI=1S/C8H18O4/c1-5-11-7(10-4)8(3,9)12-6-2/h7,9H,5-6H2,1-4H3. The number of hydrogen-bond donors (Lipinski definition) is 1. The van der Waals surface area contributed by atoms with Gasteiger partial charge in [-0.1, -0.05) is 0 Å². The fourth-order valence-corrected chi connectivity index (χ4v) is 0.953. The van der Waals surface area contributed by atoms with E-state index in [0.29, 0.717) is 13.2 Å². The van der Waals surface area contributed by atoms with Crippen molar-refractivity contribution in [2.75, 3.05) is 20.3 Å². The molecule has 74 valence electrons. The predicted molar refractivity (Wildman–Crippen MR) is 44.7 cm³/mol. The zero-order valence-electron chi connectivity index (χ0n) is 8.16. The number of rotatable bonds is 6. The molecule has 0 aliphatic heterocycles. The second kappa shape index (κ2) is 5.48. The Bertz CT molecular complexity index is 114. The van der Waals surface area contributed by atoms with Gasteiger partial charge in [-0.05, 0) is 20.8 Å². The summed E-state index contributed by atoms with van der Waals surface area (Å²) in [6.07, 6.45) is -0.734. The number of hydrogen-bond acceptors (Lipinski definition) is 4. The van der Waals surface area contributed by atoms with Crippen LogP contribution in [0.25, 0.3) is 0 Å². The third-order valence-electron chi connectivity index (χ3n) is 1.41. The smallest absolute Gasteiger partial charge is 0.215 e. The van der Waals surface area contributed by atoms with Crippen LogP contribution in [0.4, 0.5) is 0 Å². The second-order valence-electron chi connectivity index (χ2n) is 2.51. The molecular weight excluding hydrogens is 160 g/mol. The summed E-state index contributed by atoms with van der Waals surface area (Å²) in [7, 11) is 1.47. The van der Waals surface area contributed by atoms with Crippen molar-refractivity contribution in [3.8, 4) is 0 Å². The van der Waals surface area contributed by atoms with Crippen molar-refractivity contribution in [3.63, 3.8) is 0 Å². The van der Waals surface area contributed by atoms with E-state index in [0.717, 1.165) is 0 Å². The zero-order valence-corrected chi connectivity index (χ0v) is 8.16. The summed E-state index contributed by atoms with van der Waals surface area (Å²) in [5.41, 5.74) is 0. The minimum atomic E-state index is -1.38. The van der Waals surface area contributed by atoms with E-state index >= 15 is 0 Å². The highest BCUT2D eigenvalue weighted by atomic mass is 16.7. The van der Waals surface area contributed by atoms with Crippen LogP contribution in [-0.2, 0) is 14.2 Å². The summed E-state index contributed by atoms with van der Waals surface area (Å²) in [5, 5.41) is 9.63. The molecule has 0 amide bonds. The Hall–Kier alpha value is -0.160. The maximum Gasteiger partial charge on any atom is 0.215 e. The van der Waals surface area contributed by atoms with Crippen molar-refractivity contribution >= 4 is 0 Å². The van der Waals surface area contributed by atoms with E-state index in [1.807, 2.05) is 6.92 Å². The first-order chi connectivity index (χ1) is 5.58. The first-order valence-corrected chi connectivity index (χ1v) is 4.09. The van der Waals surface area contributed by atoms with Crippen molar-refractivity contribution < 1.29 is 19.3 Å². The van der Waals surface area contributed by atoms with E-state index in [9.17, 15) is 5.11 Å². The average Bonchev–Trinajstić information content (AvgIpc) is 1.99. The molecule has 2 unspecified atom stereocenters. The van der Waals surface area contributed by atoms with Gasteiger partial charge in [0.05, 0.1) is 0 Å². The average molecular weight is 178 g/mol. The Labute approximate surface area is 73.4 Å². The van der Waals surface area contributed by atoms with Crippen LogP contribution in [0.1, 0.15) is 20.8 Å². The maximum absolute atomic E-state index is 9.63. The lowest BCUT2D eigenvalue weighted by molar-refractivity contribution is -0.320. The lowest BCUT2D eigenvalue weighted by Gasteiger charge is -2.30. The normalized spacial score (nSPS) is 18.8. The molecule has 2 atom stereocenters. The Morgan fingerprint density at radius 1 is 1.33 bits per heavy atom. The van der Waals surface area contributed by atoms with Gasteiger partial charge >= 0.3 is 0 Å². The topological polar surface area (TPSA) is 47.9 Å². The largest absolute Gasteiger partial charge is 0.362 e. The molecule has 0 aromatic heterocycles. The highest BCUT2D eigenvalue weighted by Gasteiger charge is 2.33. The Morgan fingerprint density at radius 3 is 2.25 bits per heavy atom. The molecule has 1 N–H and O–H groups in total. The van der Waals surface area contributed by atoms with Crippen molar-refractivity contribution in [1.82, 2.24) is 0 Å². The SMILES string of the molecule is CCOC(OC)C(C)(O)OCC. The molecule has 0 bridgehead atoms. The number of methoxy groups -OCH3 is 1. The van der Waals surface area contributed by atoms with Crippen LogP contribution in [-0.4, -0.2) is 37.5 Å². The fourth-order valence-electron chi connectivity index (χ4n) is 0.953. The molecule has 0 spiro atoms. The monoisotopic (exact) mass is 178 g/mol. The van der Waals surface area contributed by atoms with Gasteiger partial charge in [-0.2, -0.15) is 0 Å². The van der Waals surface area contributed by atoms with Crippen LogP contribution in [0.3, 0.4) is 0 Å². The molecule has 4 heteroatoms. The Balaban J connectivity index is 4.05. The van der Waals surface area contributed by atoms with E-state index < -0.39 is 12.1 Å². The van der Waals surface area contributed by atoms with E-state index in [4.69, 9.17) is 14.2 Å². The molecule has 0 rings (SSSR count). The summed E-state index contributed by atoms with van der Waals surface area (Å²) in [6.45, 7) is 6.03. The zero-order chi connectivity index (χ0) is 9.61. The van der Waals surface area contributed by atoms with Crippen LogP contribution in [0.2, 0.25) is 0 Å². The van der Waals surface area contributed by atoms with Gasteiger partial charge in [0.2, 0.25) is 12.1 Å². The van der Waals surface area contributed by atoms with Gasteiger partial charge in [0.25, 0.3) is 0 Å². The van der Waals surface area contributed by atoms with Gasteiger partial charge in [0, 0.05) is 20.3 Å². The summed E-state index contributed by atoms with van der Waals surface area (Å²) < 4.78 is 15.1. The summed E-state index contributed by atoms with van der Waals surface area (Å²) >= 11 is 0. The Kier molecular flexibility index (Phi) is 5.41. The van der Waals surface area contributed by atoms with Gasteiger partial charge < -0.3 is 19.3 Å². The molecule has 0 aromatic carbocycles. The summed E-state index contributed by atoms with van der Waals surface area (Å²) in [6, 6.07) is 0. The second-order valence-corrected chi connectivity index (χ2v) is 2.51. The van der Waals surface area contributed by atoms with Crippen molar-refractivity contribution in [2.24, 2.45) is 0 Å². The minimum Gasteiger partial charge on any atom is -0.362 e. The van der Waals surface area contributed by atoms with Gasteiger partial charge in [-0.15, -0.1) is 0 Å². The van der Waals surface area contributed by atoms with E-state index in [2.05, 4.69) is 0 Å². The fraction of sp³-hybridized carbons (Fsp3) is 1.00. The van der Waals surface area contributed by atoms with Crippen LogP contribution < -0.4 is 0 Å². The van der Waals surface area contributed by atoms with E-state index in [-0.39, 0.29) is 0 Å². The first-order valence-electron chi connectivity index (χ1n) is 4.09. The molecule has 0 aromatic rings. The van der Waals surface area contributed by atoms with Crippen molar-refractivity contribution in [1.29, 1.82) is 0 Å². The van der Waals surface area contributed by atoms with Gasteiger partial charge in [-0.3, -0.25) is 0 Å².